The van der Waals surface area contributed by atoms with Crippen molar-refractivity contribution in [2.45, 2.75) is 51.2 Å². The van der Waals surface area contributed by atoms with Gasteiger partial charge in [-0.3, -0.25) is 4.79 Å². The SMILES string of the molecule is Cc1oc(-c2ccc(F)cc2)nc1CN1CC[C@]2(CCCO2)CCC1=O. The van der Waals surface area contributed by atoms with Gasteiger partial charge in [0.25, 0.3) is 0 Å². The first-order valence-corrected chi connectivity index (χ1v) is 9.19. The number of carbonyl (C=O) groups excluding carboxylic acids is 1. The molecular weight excluding hydrogens is 335 g/mol. The molecule has 5 nitrogen and oxygen atoms in total. The van der Waals surface area contributed by atoms with E-state index in [1.165, 1.54) is 12.1 Å². The van der Waals surface area contributed by atoms with Crippen molar-refractivity contribution in [3.63, 3.8) is 0 Å². The normalized spacial score (nSPS) is 23.6. The summed E-state index contributed by atoms with van der Waals surface area (Å²) in [6, 6.07) is 6.05. The minimum atomic E-state index is -0.296. The number of aryl methyl sites for hydroxylation is 1. The minimum absolute atomic E-state index is 0.109. The molecule has 4 rings (SSSR count). The fourth-order valence-corrected chi connectivity index (χ4v) is 3.87. The molecule has 26 heavy (non-hydrogen) atoms. The monoisotopic (exact) mass is 358 g/mol. The predicted octanol–water partition coefficient (Wildman–Crippen LogP) is 3.85. The largest absolute Gasteiger partial charge is 0.441 e. The lowest BCUT2D eigenvalue weighted by atomic mass is 9.92. The first-order chi connectivity index (χ1) is 12.5. The summed E-state index contributed by atoms with van der Waals surface area (Å²) in [5.74, 6) is 0.988. The maximum absolute atomic E-state index is 13.1. The second-order valence-corrected chi connectivity index (χ2v) is 7.23. The average molecular weight is 358 g/mol. The highest BCUT2D eigenvalue weighted by Gasteiger charge is 2.38. The van der Waals surface area contributed by atoms with Crippen molar-refractivity contribution in [3.8, 4) is 11.5 Å². The van der Waals surface area contributed by atoms with Gasteiger partial charge in [0.15, 0.2) is 0 Å². The molecule has 2 aliphatic heterocycles. The summed E-state index contributed by atoms with van der Waals surface area (Å²) >= 11 is 0. The van der Waals surface area contributed by atoms with Gasteiger partial charge >= 0.3 is 0 Å². The van der Waals surface area contributed by atoms with Crippen LogP contribution in [0.25, 0.3) is 11.5 Å². The molecule has 0 unspecified atom stereocenters. The molecule has 1 spiro atoms. The van der Waals surface area contributed by atoms with Crippen molar-refractivity contribution >= 4 is 5.91 Å². The van der Waals surface area contributed by atoms with Crippen LogP contribution in [0.2, 0.25) is 0 Å². The second-order valence-electron chi connectivity index (χ2n) is 7.23. The van der Waals surface area contributed by atoms with Crippen molar-refractivity contribution < 1.29 is 18.3 Å². The van der Waals surface area contributed by atoms with E-state index in [2.05, 4.69) is 4.98 Å². The molecule has 1 amide bonds. The van der Waals surface area contributed by atoms with Crippen LogP contribution >= 0.6 is 0 Å². The van der Waals surface area contributed by atoms with Crippen LogP contribution in [0, 0.1) is 12.7 Å². The van der Waals surface area contributed by atoms with Crippen molar-refractivity contribution in [3.05, 3.63) is 41.5 Å². The number of ether oxygens (including phenoxy) is 1. The van der Waals surface area contributed by atoms with E-state index in [0.29, 0.717) is 31.2 Å². The van der Waals surface area contributed by atoms with Crippen LogP contribution in [0.3, 0.4) is 0 Å². The summed E-state index contributed by atoms with van der Waals surface area (Å²) < 4.78 is 24.8. The van der Waals surface area contributed by atoms with Crippen LogP contribution in [0.4, 0.5) is 4.39 Å². The van der Waals surface area contributed by atoms with Gasteiger partial charge in [0.2, 0.25) is 11.8 Å². The lowest BCUT2D eigenvalue weighted by Gasteiger charge is -2.26. The van der Waals surface area contributed by atoms with E-state index in [4.69, 9.17) is 9.15 Å². The Morgan fingerprint density at radius 3 is 2.77 bits per heavy atom. The lowest BCUT2D eigenvalue weighted by molar-refractivity contribution is -0.131. The lowest BCUT2D eigenvalue weighted by Crippen LogP contribution is -2.32. The van der Waals surface area contributed by atoms with E-state index >= 15 is 0 Å². The quantitative estimate of drug-likeness (QED) is 0.836. The standard InChI is InChI=1S/C20H23FN2O3/c1-14-17(22-19(26-14)15-3-5-16(21)6-4-15)13-23-11-10-20(8-2-12-25-20)9-7-18(23)24/h3-6H,2,7-13H2,1H3/t20-/m0/s1. The minimum Gasteiger partial charge on any atom is -0.441 e. The first kappa shape index (κ1) is 17.2. The summed E-state index contributed by atoms with van der Waals surface area (Å²) in [6.45, 7) is 3.76. The molecular formula is C20H23FN2O3. The Morgan fingerprint density at radius 1 is 1.23 bits per heavy atom. The summed E-state index contributed by atoms with van der Waals surface area (Å²) in [4.78, 5) is 19.0. The van der Waals surface area contributed by atoms with E-state index in [0.717, 1.165) is 43.5 Å². The molecule has 0 bridgehead atoms. The molecule has 2 aromatic rings. The summed E-state index contributed by atoms with van der Waals surface area (Å²) in [5, 5.41) is 0. The Morgan fingerprint density at radius 2 is 2.04 bits per heavy atom. The highest BCUT2D eigenvalue weighted by Crippen LogP contribution is 2.36. The molecule has 2 fully saturated rings. The highest BCUT2D eigenvalue weighted by atomic mass is 19.1. The molecule has 1 aromatic heterocycles. The van der Waals surface area contributed by atoms with E-state index < -0.39 is 0 Å². The number of likely N-dealkylation sites (tertiary alicyclic amines) is 1. The average Bonchev–Trinajstić information content (AvgIpc) is 3.20. The van der Waals surface area contributed by atoms with Crippen LogP contribution in [-0.4, -0.2) is 34.5 Å². The van der Waals surface area contributed by atoms with Crippen molar-refractivity contribution in [2.75, 3.05) is 13.2 Å². The van der Waals surface area contributed by atoms with Crippen molar-refractivity contribution in [1.82, 2.24) is 9.88 Å². The van der Waals surface area contributed by atoms with E-state index in [-0.39, 0.29) is 17.3 Å². The summed E-state index contributed by atoms with van der Waals surface area (Å²) in [7, 11) is 0. The van der Waals surface area contributed by atoms with Gasteiger partial charge in [-0.05, 0) is 56.9 Å². The number of amides is 1. The van der Waals surface area contributed by atoms with Crippen LogP contribution in [0.1, 0.15) is 43.6 Å². The first-order valence-electron chi connectivity index (χ1n) is 9.19. The van der Waals surface area contributed by atoms with Gasteiger partial charge in [-0.1, -0.05) is 0 Å². The number of hydrogen-bond donors (Lipinski definition) is 0. The number of benzene rings is 1. The molecule has 2 saturated heterocycles. The zero-order chi connectivity index (χ0) is 18.1. The van der Waals surface area contributed by atoms with Crippen LogP contribution < -0.4 is 0 Å². The number of oxazole rings is 1. The Kier molecular flexibility index (Phi) is 4.53. The third-order valence-corrected chi connectivity index (χ3v) is 5.49. The molecule has 2 aliphatic rings. The molecule has 3 heterocycles. The smallest absolute Gasteiger partial charge is 0.226 e. The van der Waals surface area contributed by atoms with Crippen LogP contribution in [-0.2, 0) is 16.1 Å². The van der Waals surface area contributed by atoms with E-state index in [1.807, 2.05) is 11.8 Å². The Balaban J connectivity index is 1.50. The second kappa shape index (κ2) is 6.83. The number of nitrogens with zero attached hydrogens (tertiary/aromatic N) is 2. The van der Waals surface area contributed by atoms with E-state index in [9.17, 15) is 9.18 Å². The maximum Gasteiger partial charge on any atom is 0.226 e. The third-order valence-electron chi connectivity index (χ3n) is 5.49. The number of rotatable bonds is 3. The Bertz CT molecular complexity index is 794. The Hall–Kier alpha value is -2.21. The molecule has 1 atom stereocenters. The molecule has 6 heteroatoms. The number of halogens is 1. The molecule has 0 saturated carbocycles. The fraction of sp³-hybridized carbons (Fsp3) is 0.500. The maximum atomic E-state index is 13.1. The van der Waals surface area contributed by atoms with Crippen LogP contribution in [0.15, 0.2) is 28.7 Å². The van der Waals surface area contributed by atoms with Gasteiger partial charge in [0, 0.05) is 25.1 Å². The number of carbonyl (C=O) groups is 1. The molecule has 0 N–H and O–H groups in total. The fourth-order valence-electron chi connectivity index (χ4n) is 3.87. The molecule has 138 valence electrons. The topological polar surface area (TPSA) is 55.6 Å². The number of aromatic nitrogens is 1. The third kappa shape index (κ3) is 3.38. The molecule has 1 aromatic carbocycles. The van der Waals surface area contributed by atoms with Gasteiger partial charge in [-0.2, -0.15) is 0 Å². The van der Waals surface area contributed by atoms with Crippen molar-refractivity contribution in [1.29, 1.82) is 0 Å². The Labute approximate surface area is 152 Å². The predicted molar refractivity (Wildman–Crippen MR) is 93.8 cm³/mol. The van der Waals surface area contributed by atoms with E-state index in [1.54, 1.807) is 12.1 Å². The summed E-state index contributed by atoms with van der Waals surface area (Å²) in [5.41, 5.74) is 1.37. The molecule has 0 radical (unpaired) electrons. The van der Waals surface area contributed by atoms with Gasteiger partial charge < -0.3 is 14.1 Å². The van der Waals surface area contributed by atoms with Gasteiger partial charge in [0.05, 0.1) is 12.1 Å². The highest BCUT2D eigenvalue weighted by molar-refractivity contribution is 5.76. The van der Waals surface area contributed by atoms with Gasteiger partial charge in [-0.25, -0.2) is 9.37 Å². The van der Waals surface area contributed by atoms with Crippen molar-refractivity contribution in [2.24, 2.45) is 0 Å². The zero-order valence-corrected chi connectivity index (χ0v) is 15.0. The van der Waals surface area contributed by atoms with Gasteiger partial charge in [0.1, 0.15) is 17.3 Å². The van der Waals surface area contributed by atoms with Crippen LogP contribution in [0.5, 0.6) is 0 Å². The summed E-state index contributed by atoms with van der Waals surface area (Å²) in [6.07, 6.45) is 4.33. The molecule has 0 aliphatic carbocycles. The zero-order valence-electron chi connectivity index (χ0n) is 15.0. The van der Waals surface area contributed by atoms with Gasteiger partial charge in [-0.15, -0.1) is 0 Å². The number of hydrogen-bond acceptors (Lipinski definition) is 4.